The number of nitrogens with zero attached hydrogens (tertiary/aromatic N) is 1. The van der Waals surface area contributed by atoms with Crippen molar-refractivity contribution in [2.75, 3.05) is 30.4 Å². The van der Waals surface area contributed by atoms with E-state index in [2.05, 4.69) is 26.1 Å². The molecule has 2 aromatic rings. The van der Waals surface area contributed by atoms with Crippen LogP contribution in [0.3, 0.4) is 0 Å². The lowest BCUT2D eigenvalue weighted by molar-refractivity contribution is 0.102. The Balaban J connectivity index is 1.78. The van der Waals surface area contributed by atoms with Crippen molar-refractivity contribution < 1.29 is 13.9 Å². The molecule has 0 spiro atoms. The van der Waals surface area contributed by atoms with Crippen LogP contribution in [0.4, 0.5) is 15.8 Å². The van der Waals surface area contributed by atoms with Crippen molar-refractivity contribution >= 4 is 33.2 Å². The average molecular weight is 407 g/mol. The molecule has 0 bridgehead atoms. The van der Waals surface area contributed by atoms with Gasteiger partial charge in [0.1, 0.15) is 11.6 Å². The quantitative estimate of drug-likeness (QED) is 0.789. The molecule has 1 fully saturated rings. The molecule has 1 N–H and O–H groups in total. The number of benzene rings is 2. The zero-order valence-electron chi connectivity index (χ0n) is 14.0. The molecule has 4 nitrogen and oxygen atoms in total. The molecule has 2 aromatic carbocycles. The molecule has 0 aromatic heterocycles. The number of methoxy groups -OCH3 is 1. The summed E-state index contributed by atoms with van der Waals surface area (Å²) in [6.07, 6.45) is 3.36. The first-order valence-electron chi connectivity index (χ1n) is 8.28. The lowest BCUT2D eigenvalue weighted by Gasteiger charge is -2.29. The Morgan fingerprint density at radius 1 is 1.16 bits per heavy atom. The Labute approximate surface area is 155 Å². The van der Waals surface area contributed by atoms with Crippen LogP contribution in [0.25, 0.3) is 0 Å². The zero-order valence-corrected chi connectivity index (χ0v) is 15.6. The van der Waals surface area contributed by atoms with E-state index in [9.17, 15) is 9.18 Å². The number of halogens is 2. The van der Waals surface area contributed by atoms with Crippen LogP contribution in [0.15, 0.2) is 40.9 Å². The molecular formula is C19H20BrFN2O2. The van der Waals surface area contributed by atoms with Crippen LogP contribution < -0.4 is 15.0 Å². The number of amides is 1. The normalized spacial score (nSPS) is 14.3. The number of carbonyl (C=O) groups is 1. The van der Waals surface area contributed by atoms with Gasteiger partial charge in [0.15, 0.2) is 0 Å². The van der Waals surface area contributed by atoms with Crippen LogP contribution in [-0.4, -0.2) is 26.1 Å². The maximum atomic E-state index is 14.5. The Morgan fingerprint density at radius 3 is 2.60 bits per heavy atom. The van der Waals surface area contributed by atoms with Gasteiger partial charge in [-0.1, -0.05) is 15.9 Å². The van der Waals surface area contributed by atoms with Crippen LogP contribution in [0.1, 0.15) is 29.6 Å². The van der Waals surface area contributed by atoms with Crippen molar-refractivity contribution in [1.82, 2.24) is 0 Å². The number of hydrogen-bond donors (Lipinski definition) is 1. The molecule has 1 aliphatic rings. The van der Waals surface area contributed by atoms with Gasteiger partial charge in [0.05, 0.1) is 18.4 Å². The molecule has 3 rings (SSSR count). The summed E-state index contributed by atoms with van der Waals surface area (Å²) in [5.41, 5.74) is 1.40. The molecule has 1 amide bonds. The molecule has 25 heavy (non-hydrogen) atoms. The molecule has 0 aliphatic carbocycles. The van der Waals surface area contributed by atoms with Crippen molar-refractivity contribution in [2.45, 2.75) is 19.3 Å². The van der Waals surface area contributed by atoms with E-state index in [1.807, 2.05) is 0 Å². The number of ether oxygens (including phenoxy) is 1. The summed E-state index contributed by atoms with van der Waals surface area (Å²) in [6.45, 7) is 1.75. The molecule has 6 heteroatoms. The minimum atomic E-state index is -0.344. The van der Waals surface area contributed by atoms with E-state index in [1.54, 1.807) is 30.3 Å². The van der Waals surface area contributed by atoms with E-state index >= 15 is 0 Å². The molecule has 1 saturated heterocycles. The van der Waals surface area contributed by atoms with Crippen LogP contribution in [0, 0.1) is 5.82 Å². The Bertz CT molecular complexity index is 776. The number of hydrogen-bond acceptors (Lipinski definition) is 3. The molecule has 0 saturated carbocycles. The highest BCUT2D eigenvalue weighted by Gasteiger charge is 2.17. The van der Waals surface area contributed by atoms with E-state index < -0.39 is 0 Å². The summed E-state index contributed by atoms with van der Waals surface area (Å²) in [6, 6.07) is 10.0. The maximum absolute atomic E-state index is 14.5. The zero-order chi connectivity index (χ0) is 17.8. The maximum Gasteiger partial charge on any atom is 0.259 e. The lowest BCUT2D eigenvalue weighted by Crippen LogP contribution is -2.30. The Hall–Kier alpha value is -2.08. The van der Waals surface area contributed by atoms with E-state index in [-0.39, 0.29) is 11.7 Å². The average Bonchev–Trinajstić information content (AvgIpc) is 2.62. The molecule has 132 valence electrons. The van der Waals surface area contributed by atoms with Crippen molar-refractivity contribution in [3.8, 4) is 5.75 Å². The largest absolute Gasteiger partial charge is 0.496 e. The summed E-state index contributed by atoms with van der Waals surface area (Å²) in [7, 11) is 1.51. The summed E-state index contributed by atoms with van der Waals surface area (Å²) in [5, 5.41) is 2.73. The van der Waals surface area contributed by atoms with Gasteiger partial charge >= 0.3 is 0 Å². The van der Waals surface area contributed by atoms with E-state index in [0.717, 1.165) is 30.4 Å². The SMILES string of the molecule is COc1ccc(Br)cc1C(=O)Nc1ccc(N2CCCCC2)c(F)c1. The predicted octanol–water partition coefficient (Wildman–Crippen LogP) is 4.84. The van der Waals surface area contributed by atoms with Gasteiger partial charge in [0.25, 0.3) is 5.91 Å². The number of nitrogens with one attached hydrogen (secondary N) is 1. The number of carbonyl (C=O) groups excluding carboxylic acids is 1. The van der Waals surface area contributed by atoms with E-state index in [4.69, 9.17) is 4.74 Å². The molecule has 1 aliphatic heterocycles. The molecule has 1 heterocycles. The topological polar surface area (TPSA) is 41.6 Å². The van der Waals surface area contributed by atoms with Gasteiger partial charge in [0.2, 0.25) is 0 Å². The number of piperidine rings is 1. The van der Waals surface area contributed by atoms with Gasteiger partial charge in [-0.2, -0.15) is 0 Å². The number of rotatable bonds is 4. The summed E-state index contributed by atoms with van der Waals surface area (Å²) in [5.74, 6) is -0.199. The van der Waals surface area contributed by atoms with Crippen LogP contribution >= 0.6 is 15.9 Å². The van der Waals surface area contributed by atoms with Crippen molar-refractivity contribution in [3.63, 3.8) is 0 Å². The first kappa shape index (κ1) is 17.7. The monoisotopic (exact) mass is 406 g/mol. The fraction of sp³-hybridized carbons (Fsp3) is 0.316. The first-order chi connectivity index (χ1) is 12.1. The standard InChI is InChI=1S/C19H20BrFN2O2/c1-25-18-8-5-13(20)11-15(18)19(24)22-14-6-7-17(16(21)12-14)23-9-3-2-4-10-23/h5-8,11-12H,2-4,9-10H2,1H3,(H,22,24). The highest BCUT2D eigenvalue weighted by molar-refractivity contribution is 9.10. The van der Waals surface area contributed by atoms with Gasteiger partial charge in [-0.3, -0.25) is 4.79 Å². The van der Waals surface area contributed by atoms with Crippen LogP contribution in [-0.2, 0) is 0 Å². The van der Waals surface area contributed by atoms with Gasteiger partial charge < -0.3 is 15.0 Å². The van der Waals surface area contributed by atoms with Crippen molar-refractivity contribution in [1.29, 1.82) is 0 Å². The van der Waals surface area contributed by atoms with Gasteiger partial charge in [0, 0.05) is 23.2 Å². The van der Waals surface area contributed by atoms with E-state index in [0.29, 0.717) is 22.7 Å². The predicted molar refractivity (Wildman–Crippen MR) is 101 cm³/mol. The smallest absolute Gasteiger partial charge is 0.259 e. The molecule has 0 radical (unpaired) electrons. The van der Waals surface area contributed by atoms with Gasteiger partial charge in [-0.15, -0.1) is 0 Å². The van der Waals surface area contributed by atoms with Crippen molar-refractivity contribution in [2.24, 2.45) is 0 Å². The minimum absolute atomic E-state index is 0.319. The highest BCUT2D eigenvalue weighted by atomic mass is 79.9. The first-order valence-corrected chi connectivity index (χ1v) is 9.07. The van der Waals surface area contributed by atoms with Crippen LogP contribution in [0.2, 0.25) is 0 Å². The highest BCUT2D eigenvalue weighted by Crippen LogP contribution is 2.27. The van der Waals surface area contributed by atoms with E-state index in [1.165, 1.54) is 19.6 Å². The second kappa shape index (κ2) is 7.87. The van der Waals surface area contributed by atoms with Crippen molar-refractivity contribution in [3.05, 3.63) is 52.3 Å². The third kappa shape index (κ3) is 4.12. The Kier molecular flexibility index (Phi) is 5.58. The summed E-state index contributed by atoms with van der Waals surface area (Å²) in [4.78, 5) is 14.6. The molecule has 0 atom stereocenters. The lowest BCUT2D eigenvalue weighted by atomic mass is 10.1. The summed E-state index contributed by atoms with van der Waals surface area (Å²) < 4.78 is 20.5. The summed E-state index contributed by atoms with van der Waals surface area (Å²) >= 11 is 3.34. The third-order valence-electron chi connectivity index (χ3n) is 4.31. The molecular weight excluding hydrogens is 387 g/mol. The minimum Gasteiger partial charge on any atom is -0.496 e. The second-order valence-corrected chi connectivity index (χ2v) is 6.93. The fourth-order valence-corrected chi connectivity index (χ4v) is 3.39. The van der Waals surface area contributed by atoms with Crippen LogP contribution in [0.5, 0.6) is 5.75 Å². The second-order valence-electron chi connectivity index (χ2n) is 6.01. The van der Waals surface area contributed by atoms with Gasteiger partial charge in [-0.05, 0) is 55.7 Å². The fourth-order valence-electron chi connectivity index (χ4n) is 3.03. The van der Waals surface area contributed by atoms with Gasteiger partial charge in [-0.25, -0.2) is 4.39 Å². The Morgan fingerprint density at radius 2 is 1.92 bits per heavy atom. The number of anilines is 2. The third-order valence-corrected chi connectivity index (χ3v) is 4.80. The molecule has 0 unspecified atom stereocenters.